The molecule has 0 saturated carbocycles. The van der Waals surface area contributed by atoms with Crippen molar-refractivity contribution in [3.63, 3.8) is 0 Å². The van der Waals surface area contributed by atoms with E-state index in [1.807, 2.05) is 38.1 Å². The number of hydrogen-bond donors (Lipinski definition) is 1. The van der Waals surface area contributed by atoms with Gasteiger partial charge in [-0.1, -0.05) is 23.9 Å². The third kappa shape index (κ3) is 3.25. The number of para-hydroxylation sites is 2. The van der Waals surface area contributed by atoms with Crippen LogP contribution in [0.2, 0.25) is 0 Å². The highest BCUT2D eigenvalue weighted by Gasteiger charge is 2.12. The summed E-state index contributed by atoms with van der Waals surface area (Å²) in [7, 11) is 0. The van der Waals surface area contributed by atoms with Crippen molar-refractivity contribution >= 4 is 22.9 Å². The summed E-state index contributed by atoms with van der Waals surface area (Å²) in [5.41, 5.74) is 1.63. The predicted molar refractivity (Wildman–Crippen MR) is 72.4 cm³/mol. The lowest BCUT2D eigenvalue weighted by Gasteiger charge is -2.12. The van der Waals surface area contributed by atoms with Crippen LogP contribution in [0.25, 0.3) is 11.1 Å². The van der Waals surface area contributed by atoms with E-state index in [1.165, 1.54) is 11.8 Å². The molecule has 1 N–H and O–H groups in total. The third-order valence-electron chi connectivity index (χ3n) is 2.34. The molecule has 1 atom stereocenters. The largest absolute Gasteiger partial charge is 0.431 e. The monoisotopic (exact) mass is 261 g/mol. The van der Waals surface area contributed by atoms with Gasteiger partial charge in [-0.05, 0) is 26.0 Å². The zero-order chi connectivity index (χ0) is 13.0. The van der Waals surface area contributed by atoms with E-state index in [1.54, 1.807) is 0 Å². The molecule has 0 spiro atoms. The molecular weight excluding hydrogens is 246 g/mol. The second kappa shape index (κ2) is 5.89. The molecule has 94 valence electrons. The van der Waals surface area contributed by atoms with Gasteiger partial charge >= 0.3 is 0 Å². The van der Waals surface area contributed by atoms with Crippen LogP contribution >= 0.6 is 11.8 Å². The Labute approximate surface area is 110 Å². The van der Waals surface area contributed by atoms with E-state index in [0.717, 1.165) is 11.1 Å². The van der Waals surface area contributed by atoms with E-state index in [9.17, 15) is 0 Å². The van der Waals surface area contributed by atoms with Gasteiger partial charge in [0.05, 0.1) is 6.07 Å². The zero-order valence-electron chi connectivity index (χ0n) is 10.4. The fourth-order valence-corrected chi connectivity index (χ4v) is 2.38. The van der Waals surface area contributed by atoms with Crippen LogP contribution in [0, 0.1) is 11.3 Å². The van der Waals surface area contributed by atoms with Gasteiger partial charge in [0, 0.05) is 11.8 Å². The molecule has 0 fully saturated rings. The van der Waals surface area contributed by atoms with Gasteiger partial charge in [0.15, 0.2) is 5.58 Å². The van der Waals surface area contributed by atoms with Crippen LogP contribution < -0.4 is 5.32 Å². The van der Waals surface area contributed by atoms with Crippen LogP contribution in [0.1, 0.15) is 13.8 Å². The number of benzene rings is 1. The second-order valence-electron chi connectivity index (χ2n) is 4.26. The Kier molecular flexibility index (Phi) is 4.24. The molecule has 2 aromatic rings. The van der Waals surface area contributed by atoms with Gasteiger partial charge in [0.1, 0.15) is 11.6 Å². The van der Waals surface area contributed by atoms with E-state index in [0.29, 0.717) is 17.0 Å². The van der Waals surface area contributed by atoms with Gasteiger partial charge < -0.3 is 4.42 Å². The van der Waals surface area contributed by atoms with Gasteiger partial charge in [-0.2, -0.15) is 5.26 Å². The summed E-state index contributed by atoms with van der Waals surface area (Å²) in [5, 5.41) is 12.8. The minimum atomic E-state index is -0.190. The standard InChI is InChI=1S/C13H15N3OS/c1-9(2)15-10(7-14)8-18-13-16-11-5-3-4-6-12(11)17-13/h3-6,9-10,15H,8H2,1-2H3. The van der Waals surface area contributed by atoms with Crippen LogP contribution in [0.4, 0.5) is 0 Å². The normalized spacial score (nSPS) is 12.8. The number of thioether (sulfide) groups is 1. The summed E-state index contributed by atoms with van der Waals surface area (Å²) in [6.07, 6.45) is 0. The molecule has 0 aliphatic heterocycles. The Morgan fingerprint density at radius 1 is 1.44 bits per heavy atom. The maximum absolute atomic E-state index is 9.02. The number of hydrogen-bond acceptors (Lipinski definition) is 5. The quantitative estimate of drug-likeness (QED) is 0.838. The summed E-state index contributed by atoms with van der Waals surface area (Å²) < 4.78 is 5.58. The second-order valence-corrected chi connectivity index (χ2v) is 5.23. The highest BCUT2D eigenvalue weighted by molar-refractivity contribution is 7.99. The summed E-state index contributed by atoms with van der Waals surface area (Å²) in [4.78, 5) is 4.36. The van der Waals surface area contributed by atoms with Gasteiger partial charge in [-0.3, -0.25) is 5.32 Å². The summed E-state index contributed by atoms with van der Waals surface area (Å²) >= 11 is 1.46. The Balaban J connectivity index is 1.99. The topological polar surface area (TPSA) is 61.9 Å². The highest BCUT2D eigenvalue weighted by Crippen LogP contribution is 2.23. The van der Waals surface area contributed by atoms with Crippen molar-refractivity contribution in [2.75, 3.05) is 5.75 Å². The lowest BCUT2D eigenvalue weighted by atomic mass is 10.3. The average Bonchev–Trinajstić information content (AvgIpc) is 2.76. The van der Waals surface area contributed by atoms with E-state index < -0.39 is 0 Å². The molecular formula is C13H15N3OS. The Morgan fingerprint density at radius 3 is 2.89 bits per heavy atom. The maximum Gasteiger partial charge on any atom is 0.256 e. The first-order valence-corrected chi connectivity index (χ1v) is 6.81. The molecule has 0 radical (unpaired) electrons. The number of rotatable bonds is 5. The van der Waals surface area contributed by atoms with Crippen LogP contribution in [0.15, 0.2) is 33.9 Å². The van der Waals surface area contributed by atoms with Crippen molar-refractivity contribution < 1.29 is 4.42 Å². The summed E-state index contributed by atoms with van der Waals surface area (Å²) in [6, 6.07) is 9.99. The molecule has 4 nitrogen and oxygen atoms in total. The number of oxazole rings is 1. The molecule has 1 heterocycles. The van der Waals surface area contributed by atoms with E-state index in [2.05, 4.69) is 16.4 Å². The number of aromatic nitrogens is 1. The molecule has 0 saturated heterocycles. The molecule has 1 unspecified atom stereocenters. The average molecular weight is 261 g/mol. The first kappa shape index (κ1) is 12.9. The van der Waals surface area contributed by atoms with Crippen molar-refractivity contribution in [2.24, 2.45) is 0 Å². The smallest absolute Gasteiger partial charge is 0.256 e. The van der Waals surface area contributed by atoms with E-state index in [4.69, 9.17) is 9.68 Å². The fourth-order valence-electron chi connectivity index (χ4n) is 1.59. The molecule has 0 bridgehead atoms. The highest BCUT2D eigenvalue weighted by atomic mass is 32.2. The van der Waals surface area contributed by atoms with Crippen LogP contribution in [0.3, 0.4) is 0 Å². The van der Waals surface area contributed by atoms with Gasteiger partial charge in [0.2, 0.25) is 0 Å². The fraction of sp³-hybridized carbons (Fsp3) is 0.385. The van der Waals surface area contributed by atoms with Crippen molar-refractivity contribution in [1.29, 1.82) is 5.26 Å². The molecule has 5 heteroatoms. The lowest BCUT2D eigenvalue weighted by Crippen LogP contribution is -2.35. The molecule has 18 heavy (non-hydrogen) atoms. The minimum absolute atomic E-state index is 0.190. The number of nitrogens with one attached hydrogen (secondary N) is 1. The predicted octanol–water partition coefficient (Wildman–Crippen LogP) is 2.81. The number of nitrogens with zero attached hydrogens (tertiary/aromatic N) is 2. The first-order chi connectivity index (χ1) is 8.69. The van der Waals surface area contributed by atoms with Crippen molar-refractivity contribution in [3.05, 3.63) is 24.3 Å². The summed E-state index contributed by atoms with van der Waals surface area (Å²) in [5.74, 6) is 0.626. The third-order valence-corrected chi connectivity index (χ3v) is 3.26. The molecule has 2 rings (SSSR count). The van der Waals surface area contributed by atoms with E-state index >= 15 is 0 Å². The molecule has 0 aliphatic carbocycles. The Bertz CT molecular complexity index is 526. The minimum Gasteiger partial charge on any atom is -0.431 e. The van der Waals surface area contributed by atoms with Crippen LogP contribution in [-0.4, -0.2) is 22.8 Å². The van der Waals surface area contributed by atoms with Gasteiger partial charge in [-0.25, -0.2) is 4.98 Å². The SMILES string of the molecule is CC(C)NC(C#N)CSc1nc2ccccc2o1. The Morgan fingerprint density at radius 2 is 2.22 bits per heavy atom. The summed E-state index contributed by atoms with van der Waals surface area (Å²) in [6.45, 7) is 4.04. The Hall–Kier alpha value is -1.51. The van der Waals surface area contributed by atoms with Crippen LogP contribution in [-0.2, 0) is 0 Å². The molecule has 1 aromatic carbocycles. The molecule has 0 aliphatic rings. The molecule has 0 amide bonds. The van der Waals surface area contributed by atoms with Crippen molar-refractivity contribution in [3.8, 4) is 6.07 Å². The van der Waals surface area contributed by atoms with Gasteiger partial charge in [-0.15, -0.1) is 0 Å². The van der Waals surface area contributed by atoms with Crippen LogP contribution in [0.5, 0.6) is 0 Å². The van der Waals surface area contributed by atoms with Gasteiger partial charge in [0.25, 0.3) is 5.22 Å². The number of nitriles is 1. The number of fused-ring (bicyclic) bond motifs is 1. The maximum atomic E-state index is 9.02. The molecule has 1 aromatic heterocycles. The van der Waals surface area contributed by atoms with E-state index in [-0.39, 0.29) is 6.04 Å². The van der Waals surface area contributed by atoms with Crippen molar-refractivity contribution in [2.45, 2.75) is 31.2 Å². The lowest BCUT2D eigenvalue weighted by molar-refractivity contribution is 0.487. The van der Waals surface area contributed by atoms with Crippen molar-refractivity contribution in [1.82, 2.24) is 10.3 Å². The zero-order valence-corrected chi connectivity index (χ0v) is 11.2. The first-order valence-electron chi connectivity index (χ1n) is 5.83.